The van der Waals surface area contributed by atoms with Crippen LogP contribution in [0.2, 0.25) is 0 Å². The molecule has 5 nitrogen and oxygen atoms in total. The maximum atomic E-state index is 12.6. The Balaban J connectivity index is 2.44. The maximum absolute atomic E-state index is 12.6. The van der Waals surface area contributed by atoms with E-state index in [4.69, 9.17) is 10.5 Å². The summed E-state index contributed by atoms with van der Waals surface area (Å²) in [6.45, 7) is 2.76. The Kier molecular flexibility index (Phi) is 4.20. The fourth-order valence-corrected chi connectivity index (χ4v) is 4.38. The van der Waals surface area contributed by atoms with Gasteiger partial charge in [0.25, 0.3) is 0 Å². The van der Waals surface area contributed by atoms with E-state index < -0.39 is 10.0 Å². The Labute approximate surface area is 121 Å². The molecular weight excluding hydrogens is 332 g/mol. The van der Waals surface area contributed by atoms with Gasteiger partial charge in [-0.1, -0.05) is 15.9 Å². The predicted octanol–water partition coefficient (Wildman–Crippen LogP) is 1.75. The zero-order chi connectivity index (χ0) is 14.2. The molecule has 0 spiro atoms. The molecule has 1 aliphatic rings. The first-order valence-corrected chi connectivity index (χ1v) is 8.18. The van der Waals surface area contributed by atoms with Gasteiger partial charge in [0.1, 0.15) is 0 Å². The van der Waals surface area contributed by atoms with Gasteiger partial charge in [-0.2, -0.15) is 4.31 Å². The summed E-state index contributed by atoms with van der Waals surface area (Å²) in [5.41, 5.74) is 6.87. The molecule has 7 heteroatoms. The first-order chi connectivity index (χ1) is 8.84. The van der Waals surface area contributed by atoms with Crippen LogP contribution < -0.4 is 5.73 Å². The Morgan fingerprint density at radius 1 is 1.47 bits per heavy atom. The van der Waals surface area contributed by atoms with Crippen LogP contribution in [0.4, 0.5) is 5.69 Å². The molecule has 2 N–H and O–H groups in total. The van der Waals surface area contributed by atoms with E-state index in [9.17, 15) is 8.42 Å². The number of anilines is 1. The highest BCUT2D eigenvalue weighted by atomic mass is 79.9. The fraction of sp³-hybridized carbons (Fsp3) is 0.500. The third-order valence-corrected chi connectivity index (χ3v) is 5.94. The number of likely N-dealkylation sites (N-methyl/N-ethyl adjacent to an activating group) is 1. The largest absolute Gasteiger partial charge is 0.398 e. The highest BCUT2D eigenvalue weighted by Gasteiger charge is 2.32. The standard InChI is InChI=1S/C12H17BrN2O3S/c1-8-11(14)5-9(13)6-12(8)19(16,17)15(2)10-3-4-18-7-10/h5-6,10H,3-4,7,14H2,1-2H3. The topological polar surface area (TPSA) is 72.6 Å². The molecule has 0 bridgehead atoms. The molecule has 2 rings (SSSR count). The number of hydrogen-bond donors (Lipinski definition) is 1. The molecule has 1 heterocycles. The van der Waals surface area contributed by atoms with Gasteiger partial charge in [-0.3, -0.25) is 0 Å². The third kappa shape index (κ3) is 2.79. The zero-order valence-electron chi connectivity index (χ0n) is 10.9. The number of rotatable bonds is 3. The molecule has 0 aromatic heterocycles. The number of nitrogen functional groups attached to an aromatic ring is 1. The second kappa shape index (κ2) is 5.40. The van der Waals surface area contributed by atoms with Crippen molar-refractivity contribution in [2.45, 2.75) is 24.3 Å². The number of benzene rings is 1. The fourth-order valence-electron chi connectivity index (χ4n) is 2.10. The lowest BCUT2D eigenvalue weighted by Crippen LogP contribution is -2.37. The Hall–Kier alpha value is -0.630. The SMILES string of the molecule is Cc1c(N)cc(Br)cc1S(=O)(=O)N(C)C1CCOC1. The molecular formula is C12H17BrN2O3S. The monoisotopic (exact) mass is 348 g/mol. The summed E-state index contributed by atoms with van der Waals surface area (Å²) < 4.78 is 32.6. The van der Waals surface area contributed by atoms with Crippen molar-refractivity contribution in [2.24, 2.45) is 0 Å². The lowest BCUT2D eigenvalue weighted by Gasteiger charge is -2.24. The van der Waals surface area contributed by atoms with Crippen LogP contribution in [0.5, 0.6) is 0 Å². The average molecular weight is 349 g/mol. The van der Waals surface area contributed by atoms with Crippen molar-refractivity contribution in [3.8, 4) is 0 Å². The number of hydrogen-bond acceptors (Lipinski definition) is 4. The Morgan fingerprint density at radius 2 is 2.16 bits per heavy atom. The van der Waals surface area contributed by atoms with E-state index in [-0.39, 0.29) is 10.9 Å². The van der Waals surface area contributed by atoms with E-state index in [0.29, 0.717) is 28.9 Å². The number of halogens is 1. The number of sulfonamides is 1. The van der Waals surface area contributed by atoms with Crippen molar-refractivity contribution < 1.29 is 13.2 Å². The van der Waals surface area contributed by atoms with Gasteiger partial charge in [-0.05, 0) is 31.0 Å². The molecule has 0 saturated carbocycles. The first kappa shape index (κ1) is 14.8. The van der Waals surface area contributed by atoms with E-state index in [1.165, 1.54) is 4.31 Å². The van der Waals surface area contributed by atoms with Crippen molar-refractivity contribution in [1.29, 1.82) is 0 Å². The van der Waals surface area contributed by atoms with Crippen LogP contribution in [0.1, 0.15) is 12.0 Å². The van der Waals surface area contributed by atoms with Crippen molar-refractivity contribution >= 4 is 31.6 Å². The number of nitrogens with two attached hydrogens (primary N) is 1. The summed E-state index contributed by atoms with van der Waals surface area (Å²) in [4.78, 5) is 0.244. The summed E-state index contributed by atoms with van der Waals surface area (Å²) in [5.74, 6) is 0. The molecule has 1 aromatic carbocycles. The first-order valence-electron chi connectivity index (χ1n) is 5.95. The number of nitrogens with zero attached hydrogens (tertiary/aromatic N) is 1. The molecule has 0 amide bonds. The van der Waals surface area contributed by atoms with Crippen molar-refractivity contribution in [1.82, 2.24) is 4.31 Å². The predicted molar refractivity (Wildman–Crippen MR) is 77.5 cm³/mol. The van der Waals surface area contributed by atoms with Gasteiger partial charge < -0.3 is 10.5 Å². The van der Waals surface area contributed by atoms with Crippen LogP contribution in [0, 0.1) is 6.92 Å². The van der Waals surface area contributed by atoms with E-state index >= 15 is 0 Å². The molecule has 1 unspecified atom stereocenters. The van der Waals surface area contributed by atoms with Crippen LogP contribution in [0.15, 0.2) is 21.5 Å². The number of ether oxygens (including phenoxy) is 1. The highest BCUT2D eigenvalue weighted by molar-refractivity contribution is 9.10. The van der Waals surface area contributed by atoms with Crippen LogP contribution in [0.25, 0.3) is 0 Å². The average Bonchev–Trinajstić information content (AvgIpc) is 2.86. The van der Waals surface area contributed by atoms with E-state index in [1.54, 1.807) is 26.1 Å². The lowest BCUT2D eigenvalue weighted by molar-refractivity contribution is 0.181. The van der Waals surface area contributed by atoms with Gasteiger partial charge >= 0.3 is 0 Å². The molecule has 106 valence electrons. The molecule has 0 aliphatic carbocycles. The van der Waals surface area contributed by atoms with Crippen LogP contribution in [-0.4, -0.2) is 39.0 Å². The Bertz CT molecular complexity index is 583. The quantitative estimate of drug-likeness (QED) is 0.844. The van der Waals surface area contributed by atoms with Crippen molar-refractivity contribution in [3.63, 3.8) is 0 Å². The molecule has 1 aromatic rings. The second-order valence-electron chi connectivity index (χ2n) is 4.66. The molecule has 0 radical (unpaired) electrons. The van der Waals surface area contributed by atoms with E-state index in [1.807, 2.05) is 0 Å². The minimum atomic E-state index is -3.55. The van der Waals surface area contributed by atoms with Crippen molar-refractivity contribution in [3.05, 3.63) is 22.2 Å². The summed E-state index contributed by atoms with van der Waals surface area (Å²) in [6.07, 6.45) is 0.720. The summed E-state index contributed by atoms with van der Waals surface area (Å²) in [5, 5.41) is 0. The van der Waals surface area contributed by atoms with E-state index in [0.717, 1.165) is 6.42 Å². The normalized spacial score (nSPS) is 20.1. The van der Waals surface area contributed by atoms with Gasteiger partial charge in [-0.25, -0.2) is 8.42 Å². The lowest BCUT2D eigenvalue weighted by atomic mass is 10.2. The molecule has 19 heavy (non-hydrogen) atoms. The molecule has 1 fully saturated rings. The minimum absolute atomic E-state index is 0.107. The summed E-state index contributed by atoms with van der Waals surface area (Å²) in [6, 6.07) is 3.19. The Morgan fingerprint density at radius 3 is 2.74 bits per heavy atom. The van der Waals surface area contributed by atoms with Gasteiger partial charge in [0.2, 0.25) is 10.0 Å². The third-order valence-electron chi connectivity index (χ3n) is 3.44. The maximum Gasteiger partial charge on any atom is 0.243 e. The van der Waals surface area contributed by atoms with Crippen LogP contribution in [0.3, 0.4) is 0 Å². The summed E-state index contributed by atoms with van der Waals surface area (Å²) >= 11 is 3.28. The van der Waals surface area contributed by atoms with Gasteiger partial charge in [-0.15, -0.1) is 0 Å². The van der Waals surface area contributed by atoms with Crippen LogP contribution in [-0.2, 0) is 14.8 Å². The summed E-state index contributed by atoms with van der Waals surface area (Å²) in [7, 11) is -1.97. The minimum Gasteiger partial charge on any atom is -0.398 e. The molecule has 1 atom stereocenters. The second-order valence-corrected chi connectivity index (χ2v) is 7.54. The van der Waals surface area contributed by atoms with Gasteiger partial charge in [0.05, 0.1) is 17.5 Å². The highest BCUT2D eigenvalue weighted by Crippen LogP contribution is 2.29. The van der Waals surface area contributed by atoms with E-state index in [2.05, 4.69) is 15.9 Å². The zero-order valence-corrected chi connectivity index (χ0v) is 13.3. The van der Waals surface area contributed by atoms with Gasteiger partial charge in [0.15, 0.2) is 0 Å². The van der Waals surface area contributed by atoms with Crippen molar-refractivity contribution in [2.75, 3.05) is 26.0 Å². The smallest absolute Gasteiger partial charge is 0.243 e. The van der Waals surface area contributed by atoms with Gasteiger partial charge in [0, 0.05) is 23.8 Å². The molecule has 1 aliphatic heterocycles. The van der Waals surface area contributed by atoms with Crippen LogP contribution >= 0.6 is 15.9 Å². The molecule has 1 saturated heterocycles.